The van der Waals surface area contributed by atoms with Crippen LogP contribution in [0.25, 0.3) is 0 Å². The summed E-state index contributed by atoms with van der Waals surface area (Å²) in [5, 5.41) is 0. The van der Waals surface area contributed by atoms with E-state index in [1.54, 1.807) is 0 Å². The van der Waals surface area contributed by atoms with Crippen LogP contribution >= 0.6 is 0 Å². The second-order valence-electron chi connectivity index (χ2n) is 7.25. The van der Waals surface area contributed by atoms with Crippen molar-refractivity contribution in [1.82, 2.24) is 14.7 Å². The first-order valence-electron chi connectivity index (χ1n) is 9.02. The maximum atomic E-state index is 12.5. The maximum absolute atomic E-state index is 12.5. The van der Waals surface area contributed by atoms with Crippen LogP contribution in [0.2, 0.25) is 0 Å². The van der Waals surface area contributed by atoms with Gasteiger partial charge in [-0.25, -0.2) is 0 Å². The van der Waals surface area contributed by atoms with Crippen molar-refractivity contribution in [2.45, 2.75) is 43.9 Å². The van der Waals surface area contributed by atoms with Crippen molar-refractivity contribution in [3.05, 3.63) is 0 Å². The average Bonchev–Trinajstić information content (AvgIpc) is 3.02. The van der Waals surface area contributed by atoms with Gasteiger partial charge in [0.05, 0.1) is 13.2 Å². The molecule has 0 aromatic rings. The number of nitrogens with zero attached hydrogens (tertiary/aromatic N) is 3. The van der Waals surface area contributed by atoms with Crippen molar-refractivity contribution < 1.29 is 14.3 Å². The van der Waals surface area contributed by atoms with E-state index < -0.39 is 0 Å². The van der Waals surface area contributed by atoms with Crippen molar-refractivity contribution in [2.24, 2.45) is 0 Å². The fourth-order valence-corrected chi connectivity index (χ4v) is 3.93. The van der Waals surface area contributed by atoms with Gasteiger partial charge in [-0.2, -0.15) is 0 Å². The number of hydrogen-bond donors (Lipinski definition) is 0. The topological polar surface area (TPSA) is 45.2 Å². The highest BCUT2D eigenvalue weighted by atomic mass is 16.7. The number of rotatable bonds is 4. The monoisotopic (exact) mass is 325 g/mol. The molecule has 6 heteroatoms. The van der Waals surface area contributed by atoms with Crippen LogP contribution in [0.5, 0.6) is 0 Å². The Kier molecular flexibility index (Phi) is 5.57. The number of hydrogen-bond acceptors (Lipinski definition) is 5. The first kappa shape index (κ1) is 17.1. The molecule has 3 rings (SSSR count). The van der Waals surface area contributed by atoms with Gasteiger partial charge in [0.25, 0.3) is 0 Å². The Morgan fingerprint density at radius 1 is 1.13 bits per heavy atom. The van der Waals surface area contributed by atoms with Gasteiger partial charge in [-0.1, -0.05) is 0 Å². The number of carbonyl (C=O) groups is 1. The van der Waals surface area contributed by atoms with Crippen LogP contribution in [0.3, 0.4) is 0 Å². The molecule has 3 aliphatic rings. The second kappa shape index (κ2) is 7.47. The molecule has 23 heavy (non-hydrogen) atoms. The van der Waals surface area contributed by atoms with Crippen molar-refractivity contribution in [3.63, 3.8) is 0 Å². The lowest BCUT2D eigenvalue weighted by Gasteiger charge is -2.38. The van der Waals surface area contributed by atoms with E-state index in [0.717, 1.165) is 45.6 Å². The molecule has 1 spiro atoms. The van der Waals surface area contributed by atoms with Crippen LogP contribution in [-0.2, 0) is 14.3 Å². The van der Waals surface area contributed by atoms with Gasteiger partial charge in [0, 0.05) is 44.9 Å². The summed E-state index contributed by atoms with van der Waals surface area (Å²) in [5.41, 5.74) is 0. The van der Waals surface area contributed by atoms with Crippen LogP contribution < -0.4 is 0 Å². The van der Waals surface area contributed by atoms with Crippen molar-refractivity contribution >= 4 is 5.91 Å². The molecule has 0 bridgehead atoms. The van der Waals surface area contributed by atoms with Crippen molar-refractivity contribution in [1.29, 1.82) is 0 Å². The summed E-state index contributed by atoms with van der Waals surface area (Å²) in [6, 6.07) is 0.629. The summed E-state index contributed by atoms with van der Waals surface area (Å²) in [7, 11) is 4.34. The Bertz CT molecular complexity index is 394. The predicted octanol–water partition coefficient (Wildman–Crippen LogP) is 0.768. The molecule has 3 fully saturated rings. The van der Waals surface area contributed by atoms with E-state index in [0.29, 0.717) is 25.7 Å². The second-order valence-corrected chi connectivity index (χ2v) is 7.25. The summed E-state index contributed by atoms with van der Waals surface area (Å²) in [6.45, 7) is 6.09. The molecular weight excluding hydrogens is 294 g/mol. The number of likely N-dealkylation sites (tertiary alicyclic amines) is 2. The SMILES string of the molecule is CN1CCC(N(C)CCC(=O)N2CCC3(CC2)OCCO3)CC1. The summed E-state index contributed by atoms with van der Waals surface area (Å²) in [5.74, 6) is -0.112. The Morgan fingerprint density at radius 2 is 1.74 bits per heavy atom. The summed E-state index contributed by atoms with van der Waals surface area (Å²) in [6.07, 6.45) is 4.66. The van der Waals surface area contributed by atoms with E-state index in [2.05, 4.69) is 23.9 Å². The Labute approximate surface area is 139 Å². The Balaban J connectivity index is 1.38. The van der Waals surface area contributed by atoms with Crippen molar-refractivity contribution in [3.8, 4) is 0 Å². The van der Waals surface area contributed by atoms with Gasteiger partial charge in [0.1, 0.15) is 0 Å². The molecule has 0 unspecified atom stereocenters. The molecule has 6 nitrogen and oxygen atoms in total. The predicted molar refractivity (Wildman–Crippen MR) is 88.2 cm³/mol. The Hall–Kier alpha value is -0.690. The van der Waals surface area contributed by atoms with E-state index in [1.165, 1.54) is 12.8 Å². The minimum absolute atomic E-state index is 0.276. The van der Waals surface area contributed by atoms with Crippen LogP contribution in [0, 0.1) is 0 Å². The lowest BCUT2D eigenvalue weighted by molar-refractivity contribution is -0.187. The normalized spacial score (nSPS) is 26.3. The summed E-state index contributed by atoms with van der Waals surface area (Å²) in [4.78, 5) is 19.2. The lowest BCUT2D eigenvalue weighted by atomic mass is 10.0. The van der Waals surface area contributed by atoms with E-state index in [-0.39, 0.29) is 11.7 Å². The van der Waals surface area contributed by atoms with Crippen LogP contribution in [0.4, 0.5) is 0 Å². The summed E-state index contributed by atoms with van der Waals surface area (Å²) >= 11 is 0. The molecular formula is C17H31N3O3. The highest BCUT2D eigenvalue weighted by Gasteiger charge is 2.40. The van der Waals surface area contributed by atoms with Crippen LogP contribution in [-0.4, -0.2) is 92.5 Å². The molecule has 3 heterocycles. The molecule has 0 N–H and O–H groups in total. The number of amides is 1. The number of carbonyl (C=O) groups excluding carboxylic acids is 1. The largest absolute Gasteiger partial charge is 0.347 e. The molecule has 3 saturated heterocycles. The highest BCUT2D eigenvalue weighted by Crippen LogP contribution is 2.31. The Morgan fingerprint density at radius 3 is 2.35 bits per heavy atom. The zero-order valence-electron chi connectivity index (χ0n) is 14.6. The van der Waals surface area contributed by atoms with Gasteiger partial charge in [0.2, 0.25) is 5.91 Å². The molecule has 0 radical (unpaired) electrons. The average molecular weight is 325 g/mol. The third kappa shape index (κ3) is 4.24. The van der Waals surface area contributed by atoms with Gasteiger partial charge >= 0.3 is 0 Å². The fourth-order valence-electron chi connectivity index (χ4n) is 3.93. The zero-order valence-corrected chi connectivity index (χ0v) is 14.6. The molecule has 1 amide bonds. The van der Waals surface area contributed by atoms with Crippen molar-refractivity contribution in [2.75, 3.05) is 60.0 Å². The molecule has 0 aliphatic carbocycles. The number of ether oxygens (including phenoxy) is 2. The van der Waals surface area contributed by atoms with E-state index in [9.17, 15) is 4.79 Å². The van der Waals surface area contributed by atoms with E-state index in [4.69, 9.17) is 9.47 Å². The van der Waals surface area contributed by atoms with Gasteiger partial charge < -0.3 is 24.2 Å². The first-order valence-corrected chi connectivity index (χ1v) is 9.02. The molecule has 0 atom stereocenters. The van der Waals surface area contributed by atoms with Gasteiger partial charge in [-0.15, -0.1) is 0 Å². The third-order valence-electron chi connectivity index (χ3n) is 5.68. The van der Waals surface area contributed by atoms with Crippen LogP contribution in [0.1, 0.15) is 32.1 Å². The molecule has 3 aliphatic heterocycles. The van der Waals surface area contributed by atoms with E-state index >= 15 is 0 Å². The highest BCUT2D eigenvalue weighted by molar-refractivity contribution is 5.76. The van der Waals surface area contributed by atoms with E-state index in [1.807, 2.05) is 4.90 Å². The first-order chi connectivity index (χ1) is 11.1. The molecule has 0 aromatic carbocycles. The molecule has 132 valence electrons. The smallest absolute Gasteiger partial charge is 0.223 e. The minimum Gasteiger partial charge on any atom is -0.347 e. The standard InChI is InChI=1S/C17H31N3O3/c1-18-8-3-15(4-9-18)19(2)10-5-16(21)20-11-6-17(7-12-20)22-13-14-23-17/h15H,3-14H2,1-2H3. The van der Waals surface area contributed by atoms with Gasteiger partial charge in [0.15, 0.2) is 5.79 Å². The maximum Gasteiger partial charge on any atom is 0.223 e. The van der Waals surface area contributed by atoms with Crippen LogP contribution in [0.15, 0.2) is 0 Å². The van der Waals surface area contributed by atoms with Gasteiger partial charge in [-0.05, 0) is 40.0 Å². The fraction of sp³-hybridized carbons (Fsp3) is 0.941. The molecule has 0 saturated carbocycles. The third-order valence-corrected chi connectivity index (χ3v) is 5.68. The van der Waals surface area contributed by atoms with Gasteiger partial charge in [-0.3, -0.25) is 4.79 Å². The zero-order chi connectivity index (χ0) is 16.3. The molecule has 0 aromatic heterocycles. The minimum atomic E-state index is -0.387. The number of piperidine rings is 2. The quantitative estimate of drug-likeness (QED) is 0.764. The lowest BCUT2D eigenvalue weighted by Crippen LogP contribution is -2.48. The summed E-state index contributed by atoms with van der Waals surface area (Å²) < 4.78 is 11.4.